The molecular weight excluding hydrogens is 260 g/mol. The molecule has 2 heterocycles. The van der Waals surface area contributed by atoms with E-state index in [9.17, 15) is 4.79 Å². The maximum absolute atomic E-state index is 11.3. The molecule has 15 heavy (non-hydrogen) atoms. The van der Waals surface area contributed by atoms with Gasteiger partial charge in [-0.05, 0) is 28.8 Å². The van der Waals surface area contributed by atoms with E-state index in [1.807, 2.05) is 0 Å². The van der Waals surface area contributed by atoms with Crippen LogP contribution >= 0.6 is 15.9 Å². The van der Waals surface area contributed by atoms with Crippen LogP contribution in [0, 0.1) is 0 Å². The highest BCUT2D eigenvalue weighted by molar-refractivity contribution is 9.10. The first kappa shape index (κ1) is 10.6. The van der Waals surface area contributed by atoms with Gasteiger partial charge in [0.15, 0.2) is 5.82 Å². The average Bonchev–Trinajstić information content (AvgIpc) is 2.26. The highest BCUT2D eigenvalue weighted by Crippen LogP contribution is 2.16. The molecule has 1 aromatic rings. The Balaban J connectivity index is 2.09. The van der Waals surface area contributed by atoms with Crippen molar-refractivity contribution < 1.29 is 0 Å². The van der Waals surface area contributed by atoms with Crippen molar-refractivity contribution in [3.63, 3.8) is 0 Å². The van der Waals surface area contributed by atoms with E-state index in [1.54, 1.807) is 0 Å². The summed E-state index contributed by atoms with van der Waals surface area (Å²) in [5.74, 6) is 0.584. The molecule has 0 aliphatic carbocycles. The number of anilines is 1. The standard InChI is InChI=1S/C9H13BrN4O/c10-7-8(11-6-12-9(7)15)13-14-4-2-1-3-5-14/h6H,1-5H2,(H2,11,12,13,15). The highest BCUT2D eigenvalue weighted by Gasteiger charge is 2.12. The number of nitrogens with one attached hydrogen (secondary N) is 2. The van der Waals surface area contributed by atoms with Gasteiger partial charge in [0.25, 0.3) is 5.56 Å². The van der Waals surface area contributed by atoms with Gasteiger partial charge in [0.1, 0.15) is 4.47 Å². The minimum Gasteiger partial charge on any atom is -0.312 e. The molecule has 0 aromatic carbocycles. The molecule has 1 aromatic heterocycles. The number of rotatable bonds is 2. The number of nitrogens with zero attached hydrogens (tertiary/aromatic N) is 2. The van der Waals surface area contributed by atoms with Gasteiger partial charge in [0, 0.05) is 13.1 Å². The van der Waals surface area contributed by atoms with E-state index < -0.39 is 0 Å². The van der Waals surface area contributed by atoms with Crippen LogP contribution in [0.2, 0.25) is 0 Å². The average molecular weight is 273 g/mol. The molecule has 0 amide bonds. The Bertz CT molecular complexity index is 386. The van der Waals surface area contributed by atoms with Crippen molar-refractivity contribution in [3.8, 4) is 0 Å². The minimum atomic E-state index is -0.162. The Hall–Kier alpha value is -0.880. The number of H-pyrrole nitrogens is 1. The first-order valence-electron chi connectivity index (χ1n) is 5.02. The van der Waals surface area contributed by atoms with Crippen LogP contribution in [-0.4, -0.2) is 28.1 Å². The molecule has 1 fully saturated rings. The lowest BCUT2D eigenvalue weighted by atomic mass is 10.2. The summed E-state index contributed by atoms with van der Waals surface area (Å²) >= 11 is 3.21. The van der Waals surface area contributed by atoms with Gasteiger partial charge in [0.05, 0.1) is 6.33 Å². The lowest BCUT2D eigenvalue weighted by Crippen LogP contribution is -2.35. The molecule has 1 saturated heterocycles. The molecule has 2 N–H and O–H groups in total. The third-order valence-electron chi connectivity index (χ3n) is 2.42. The molecule has 0 atom stereocenters. The van der Waals surface area contributed by atoms with Gasteiger partial charge >= 0.3 is 0 Å². The Morgan fingerprint density at radius 2 is 2.13 bits per heavy atom. The fraction of sp³-hybridized carbons (Fsp3) is 0.556. The van der Waals surface area contributed by atoms with E-state index in [4.69, 9.17) is 0 Å². The summed E-state index contributed by atoms with van der Waals surface area (Å²) in [5.41, 5.74) is 2.98. The predicted molar refractivity (Wildman–Crippen MR) is 61.6 cm³/mol. The van der Waals surface area contributed by atoms with Crippen molar-refractivity contribution in [1.29, 1.82) is 0 Å². The van der Waals surface area contributed by atoms with Gasteiger partial charge < -0.3 is 10.4 Å². The van der Waals surface area contributed by atoms with Crippen molar-refractivity contribution in [3.05, 3.63) is 21.2 Å². The van der Waals surface area contributed by atoms with E-state index in [-0.39, 0.29) is 5.56 Å². The van der Waals surface area contributed by atoms with Crippen LogP contribution in [-0.2, 0) is 0 Å². The van der Waals surface area contributed by atoms with Gasteiger partial charge in [-0.25, -0.2) is 9.99 Å². The van der Waals surface area contributed by atoms with Crippen LogP contribution in [0.4, 0.5) is 5.82 Å². The maximum Gasteiger partial charge on any atom is 0.267 e. The topological polar surface area (TPSA) is 61.0 Å². The third kappa shape index (κ3) is 2.57. The van der Waals surface area contributed by atoms with Crippen LogP contribution in [0.15, 0.2) is 15.6 Å². The first-order chi connectivity index (χ1) is 7.27. The molecular formula is C9H13BrN4O. The van der Waals surface area contributed by atoms with Crippen LogP contribution < -0.4 is 11.0 Å². The molecule has 0 radical (unpaired) electrons. The second-order valence-electron chi connectivity index (χ2n) is 3.55. The number of aromatic amines is 1. The molecule has 0 bridgehead atoms. The molecule has 5 nitrogen and oxygen atoms in total. The molecule has 2 rings (SSSR count). The van der Waals surface area contributed by atoms with Crippen LogP contribution in [0.5, 0.6) is 0 Å². The number of piperidine rings is 1. The minimum absolute atomic E-state index is 0.162. The molecule has 0 unspecified atom stereocenters. The second kappa shape index (κ2) is 4.76. The van der Waals surface area contributed by atoms with Gasteiger partial charge in [0.2, 0.25) is 0 Å². The zero-order chi connectivity index (χ0) is 10.7. The molecule has 6 heteroatoms. The quantitative estimate of drug-likeness (QED) is 0.853. The van der Waals surface area contributed by atoms with E-state index >= 15 is 0 Å². The summed E-state index contributed by atoms with van der Waals surface area (Å²) < 4.78 is 0.454. The Labute approximate surface area is 96.0 Å². The Morgan fingerprint density at radius 1 is 1.40 bits per heavy atom. The van der Waals surface area contributed by atoms with Crippen LogP contribution in [0.1, 0.15) is 19.3 Å². The number of hydrazine groups is 1. The molecule has 0 spiro atoms. The largest absolute Gasteiger partial charge is 0.312 e. The van der Waals surface area contributed by atoms with Crippen LogP contribution in [0.3, 0.4) is 0 Å². The summed E-state index contributed by atoms with van der Waals surface area (Å²) in [5, 5.41) is 2.09. The fourth-order valence-corrected chi connectivity index (χ4v) is 1.92. The van der Waals surface area contributed by atoms with E-state index in [2.05, 4.69) is 36.3 Å². The third-order valence-corrected chi connectivity index (χ3v) is 3.15. The number of hydrogen-bond donors (Lipinski definition) is 2. The predicted octanol–water partition coefficient (Wildman–Crippen LogP) is 1.35. The summed E-state index contributed by atoms with van der Waals surface area (Å²) in [6, 6.07) is 0. The Morgan fingerprint density at radius 3 is 2.87 bits per heavy atom. The number of aromatic nitrogens is 2. The van der Waals surface area contributed by atoms with Crippen molar-refractivity contribution in [2.75, 3.05) is 18.5 Å². The molecule has 1 aliphatic rings. The van der Waals surface area contributed by atoms with Crippen molar-refractivity contribution in [2.24, 2.45) is 0 Å². The van der Waals surface area contributed by atoms with Crippen molar-refractivity contribution in [1.82, 2.24) is 15.0 Å². The van der Waals surface area contributed by atoms with Crippen molar-refractivity contribution in [2.45, 2.75) is 19.3 Å². The number of hydrogen-bond acceptors (Lipinski definition) is 4. The van der Waals surface area contributed by atoms with Crippen molar-refractivity contribution >= 4 is 21.7 Å². The summed E-state index contributed by atoms with van der Waals surface area (Å²) in [6.45, 7) is 2.00. The zero-order valence-corrected chi connectivity index (χ0v) is 9.88. The lowest BCUT2D eigenvalue weighted by molar-refractivity contribution is 0.272. The van der Waals surface area contributed by atoms with Gasteiger partial charge in [-0.15, -0.1) is 0 Å². The van der Waals surface area contributed by atoms with E-state index in [0.29, 0.717) is 10.3 Å². The van der Waals surface area contributed by atoms with Gasteiger partial charge in [-0.1, -0.05) is 6.42 Å². The lowest BCUT2D eigenvalue weighted by Gasteiger charge is -2.27. The fourth-order valence-electron chi connectivity index (χ4n) is 1.62. The first-order valence-corrected chi connectivity index (χ1v) is 5.81. The van der Waals surface area contributed by atoms with Gasteiger partial charge in [-0.2, -0.15) is 0 Å². The highest BCUT2D eigenvalue weighted by atomic mass is 79.9. The maximum atomic E-state index is 11.3. The molecule has 0 saturated carbocycles. The Kier molecular flexibility index (Phi) is 3.37. The monoisotopic (exact) mass is 272 g/mol. The smallest absolute Gasteiger partial charge is 0.267 e. The summed E-state index contributed by atoms with van der Waals surface area (Å²) in [6.07, 6.45) is 5.06. The van der Waals surface area contributed by atoms with Crippen LogP contribution in [0.25, 0.3) is 0 Å². The number of halogens is 1. The van der Waals surface area contributed by atoms with E-state index in [0.717, 1.165) is 13.1 Å². The SMILES string of the molecule is O=c1[nH]cnc(NN2CCCCC2)c1Br. The molecule has 82 valence electrons. The van der Waals surface area contributed by atoms with E-state index in [1.165, 1.54) is 25.6 Å². The summed E-state index contributed by atoms with van der Waals surface area (Å²) in [7, 11) is 0. The molecule has 1 aliphatic heterocycles. The second-order valence-corrected chi connectivity index (χ2v) is 4.35. The zero-order valence-electron chi connectivity index (χ0n) is 8.29. The van der Waals surface area contributed by atoms with Gasteiger partial charge in [-0.3, -0.25) is 4.79 Å². The normalized spacial score (nSPS) is 17.7. The summed E-state index contributed by atoms with van der Waals surface area (Å²) in [4.78, 5) is 17.9.